The zero-order chi connectivity index (χ0) is 14.5. The van der Waals surface area contributed by atoms with Gasteiger partial charge in [0.05, 0.1) is 6.04 Å². The summed E-state index contributed by atoms with van der Waals surface area (Å²) in [6.45, 7) is 4.33. The third-order valence-corrected chi connectivity index (χ3v) is 5.78. The fourth-order valence-electron chi connectivity index (χ4n) is 4.47. The molecular weight excluding hydrogens is 298 g/mol. The first-order chi connectivity index (χ1) is 10.3. The number of likely N-dealkylation sites (tertiary alicyclic amines) is 1. The summed E-state index contributed by atoms with van der Waals surface area (Å²) in [5.41, 5.74) is 0.257. The van der Waals surface area contributed by atoms with Crippen LogP contribution in [0.1, 0.15) is 64.2 Å². The molecule has 2 N–H and O–H groups in total. The molecule has 0 aromatic carbocycles. The van der Waals surface area contributed by atoms with Gasteiger partial charge in [-0.2, -0.15) is 0 Å². The van der Waals surface area contributed by atoms with Crippen LogP contribution in [-0.4, -0.2) is 48.6 Å². The van der Waals surface area contributed by atoms with Gasteiger partial charge < -0.3 is 10.6 Å². The molecule has 1 aliphatic carbocycles. The van der Waals surface area contributed by atoms with Crippen molar-refractivity contribution in [3.63, 3.8) is 0 Å². The predicted molar refractivity (Wildman–Crippen MR) is 92.5 cm³/mol. The lowest BCUT2D eigenvalue weighted by molar-refractivity contribution is -0.123. The molecule has 0 aromatic rings. The van der Waals surface area contributed by atoms with Crippen molar-refractivity contribution >= 4 is 18.3 Å². The van der Waals surface area contributed by atoms with Crippen LogP contribution < -0.4 is 10.6 Å². The minimum Gasteiger partial charge on any atom is -0.353 e. The molecule has 0 aromatic heterocycles. The van der Waals surface area contributed by atoms with E-state index in [1.807, 2.05) is 0 Å². The van der Waals surface area contributed by atoms with E-state index in [-0.39, 0.29) is 29.9 Å². The van der Waals surface area contributed by atoms with Crippen molar-refractivity contribution in [1.82, 2.24) is 15.5 Å². The maximum absolute atomic E-state index is 12.3. The molecule has 2 aliphatic heterocycles. The van der Waals surface area contributed by atoms with Crippen LogP contribution in [-0.2, 0) is 4.79 Å². The highest BCUT2D eigenvalue weighted by molar-refractivity contribution is 5.85. The fourth-order valence-corrected chi connectivity index (χ4v) is 4.47. The second kappa shape index (κ2) is 8.51. The molecule has 0 spiro atoms. The van der Waals surface area contributed by atoms with Crippen molar-refractivity contribution in [2.24, 2.45) is 0 Å². The maximum atomic E-state index is 12.3. The molecule has 5 heteroatoms. The van der Waals surface area contributed by atoms with Crippen molar-refractivity contribution < 1.29 is 4.79 Å². The molecule has 2 saturated heterocycles. The molecule has 3 rings (SSSR count). The van der Waals surface area contributed by atoms with Gasteiger partial charge in [-0.25, -0.2) is 0 Å². The molecule has 3 aliphatic rings. The predicted octanol–water partition coefficient (Wildman–Crippen LogP) is 2.47. The van der Waals surface area contributed by atoms with E-state index in [4.69, 9.17) is 0 Å². The normalized spacial score (nSPS) is 28.8. The summed E-state index contributed by atoms with van der Waals surface area (Å²) >= 11 is 0. The lowest BCUT2D eigenvalue weighted by atomic mass is 9.79. The largest absolute Gasteiger partial charge is 0.353 e. The standard InChI is InChI=1S/C17H31N3O.ClH/c21-16(15-8-7-11-18-15)19-14-17(9-3-1-4-10-17)20-12-5-2-6-13-20;/h15,18H,1-14H2,(H,19,21);1H/t15-;/m0./s1. The lowest BCUT2D eigenvalue weighted by Crippen LogP contribution is -2.59. The van der Waals surface area contributed by atoms with Gasteiger partial charge in [-0.15, -0.1) is 12.4 Å². The van der Waals surface area contributed by atoms with Gasteiger partial charge in [0.1, 0.15) is 0 Å². The summed E-state index contributed by atoms with van der Waals surface area (Å²) in [6.07, 6.45) is 12.7. The molecule has 128 valence electrons. The summed E-state index contributed by atoms with van der Waals surface area (Å²) in [5, 5.41) is 6.60. The smallest absolute Gasteiger partial charge is 0.237 e. The molecule has 0 radical (unpaired) electrons. The molecule has 1 amide bonds. The number of hydrogen-bond acceptors (Lipinski definition) is 3. The number of nitrogens with zero attached hydrogens (tertiary/aromatic N) is 1. The zero-order valence-electron chi connectivity index (χ0n) is 13.7. The third kappa shape index (κ3) is 4.15. The average molecular weight is 330 g/mol. The Labute approximate surface area is 141 Å². The van der Waals surface area contributed by atoms with E-state index in [2.05, 4.69) is 15.5 Å². The molecule has 3 fully saturated rings. The van der Waals surface area contributed by atoms with Crippen molar-refractivity contribution in [2.45, 2.75) is 75.8 Å². The van der Waals surface area contributed by atoms with E-state index in [1.54, 1.807) is 0 Å². The van der Waals surface area contributed by atoms with Crippen LogP contribution in [0, 0.1) is 0 Å². The topological polar surface area (TPSA) is 44.4 Å². The highest BCUT2D eigenvalue weighted by atomic mass is 35.5. The highest BCUT2D eigenvalue weighted by Gasteiger charge is 2.39. The van der Waals surface area contributed by atoms with Crippen molar-refractivity contribution in [2.75, 3.05) is 26.2 Å². The molecule has 1 atom stereocenters. The van der Waals surface area contributed by atoms with Crippen LogP contribution in [0.15, 0.2) is 0 Å². The quantitative estimate of drug-likeness (QED) is 0.832. The third-order valence-electron chi connectivity index (χ3n) is 5.78. The molecule has 4 nitrogen and oxygen atoms in total. The summed E-state index contributed by atoms with van der Waals surface area (Å²) in [7, 11) is 0. The van der Waals surface area contributed by atoms with E-state index >= 15 is 0 Å². The highest BCUT2D eigenvalue weighted by Crippen LogP contribution is 2.35. The molecule has 0 bridgehead atoms. The lowest BCUT2D eigenvalue weighted by Gasteiger charge is -2.48. The molecule has 22 heavy (non-hydrogen) atoms. The summed E-state index contributed by atoms with van der Waals surface area (Å²) in [5.74, 6) is 0.231. The van der Waals surface area contributed by atoms with Gasteiger partial charge in [0.25, 0.3) is 0 Å². The van der Waals surface area contributed by atoms with Crippen molar-refractivity contribution in [3.8, 4) is 0 Å². The number of halogens is 1. The van der Waals surface area contributed by atoms with Gasteiger partial charge >= 0.3 is 0 Å². The van der Waals surface area contributed by atoms with Crippen molar-refractivity contribution in [3.05, 3.63) is 0 Å². The number of amides is 1. The van der Waals surface area contributed by atoms with Gasteiger partial charge in [0.2, 0.25) is 5.91 Å². The first-order valence-corrected chi connectivity index (χ1v) is 9.06. The van der Waals surface area contributed by atoms with Crippen LogP contribution in [0.4, 0.5) is 0 Å². The Hall–Kier alpha value is -0.320. The van der Waals surface area contributed by atoms with Gasteiger partial charge in [-0.05, 0) is 58.2 Å². The second-order valence-electron chi connectivity index (χ2n) is 7.20. The number of hydrogen-bond donors (Lipinski definition) is 2. The minimum absolute atomic E-state index is 0. The number of carbonyl (C=O) groups is 1. The van der Waals surface area contributed by atoms with Crippen LogP contribution in [0.2, 0.25) is 0 Å². The summed E-state index contributed by atoms with van der Waals surface area (Å²) in [6, 6.07) is 0.0620. The van der Waals surface area contributed by atoms with Gasteiger partial charge in [0.15, 0.2) is 0 Å². The number of carbonyl (C=O) groups excluding carboxylic acids is 1. The van der Waals surface area contributed by atoms with Crippen LogP contribution in [0.3, 0.4) is 0 Å². The summed E-state index contributed by atoms with van der Waals surface area (Å²) < 4.78 is 0. The number of nitrogens with one attached hydrogen (secondary N) is 2. The SMILES string of the molecule is Cl.O=C(NCC1(N2CCCCC2)CCCCC1)[C@@H]1CCCN1. The average Bonchev–Trinajstić information content (AvgIpc) is 3.09. The minimum atomic E-state index is 0. The Morgan fingerprint density at radius 1 is 1.05 bits per heavy atom. The zero-order valence-corrected chi connectivity index (χ0v) is 14.6. The van der Waals surface area contributed by atoms with Gasteiger partial charge in [0, 0.05) is 12.1 Å². The van der Waals surface area contributed by atoms with Crippen LogP contribution >= 0.6 is 12.4 Å². The van der Waals surface area contributed by atoms with E-state index in [9.17, 15) is 4.79 Å². The molecule has 0 unspecified atom stereocenters. The van der Waals surface area contributed by atoms with E-state index in [0.717, 1.165) is 25.9 Å². The Morgan fingerprint density at radius 2 is 1.73 bits per heavy atom. The molecule has 1 saturated carbocycles. The first-order valence-electron chi connectivity index (χ1n) is 9.06. The Bertz CT molecular complexity index is 346. The number of rotatable bonds is 4. The maximum Gasteiger partial charge on any atom is 0.237 e. The summed E-state index contributed by atoms with van der Waals surface area (Å²) in [4.78, 5) is 15.0. The second-order valence-corrected chi connectivity index (χ2v) is 7.20. The van der Waals surface area contributed by atoms with Gasteiger partial charge in [-0.1, -0.05) is 25.7 Å². The van der Waals surface area contributed by atoms with Crippen LogP contribution in [0.5, 0.6) is 0 Å². The van der Waals surface area contributed by atoms with Crippen LogP contribution in [0.25, 0.3) is 0 Å². The van der Waals surface area contributed by atoms with E-state index in [1.165, 1.54) is 64.5 Å². The van der Waals surface area contributed by atoms with Crippen molar-refractivity contribution in [1.29, 1.82) is 0 Å². The Balaban J connectivity index is 0.00000176. The Kier molecular flexibility index (Phi) is 6.97. The fraction of sp³-hybridized carbons (Fsp3) is 0.941. The van der Waals surface area contributed by atoms with Gasteiger partial charge in [-0.3, -0.25) is 9.69 Å². The first kappa shape index (κ1) is 18.0. The number of piperidine rings is 1. The van der Waals surface area contributed by atoms with E-state index < -0.39 is 0 Å². The van der Waals surface area contributed by atoms with E-state index in [0.29, 0.717) is 0 Å². The Morgan fingerprint density at radius 3 is 2.36 bits per heavy atom. The monoisotopic (exact) mass is 329 g/mol. The molecule has 2 heterocycles. The molecular formula is C17H32ClN3O.